The predicted molar refractivity (Wildman–Crippen MR) is 139 cm³/mol. The molecule has 13 heteroatoms. The van der Waals surface area contributed by atoms with E-state index in [0.717, 1.165) is 25.0 Å². The molecule has 4 rings (SSSR count). The Labute approximate surface area is 234 Å². The van der Waals surface area contributed by atoms with Gasteiger partial charge in [-0.15, -0.1) is 0 Å². The lowest BCUT2D eigenvalue weighted by atomic mass is 9.96. The Bertz CT molecular complexity index is 1160. The quantitative estimate of drug-likeness (QED) is 0.411. The fraction of sp³-hybridized carbons (Fsp3) is 0.500. The van der Waals surface area contributed by atoms with Crippen LogP contribution in [0.2, 0.25) is 0 Å². The topological polar surface area (TPSA) is 91.3 Å². The van der Waals surface area contributed by atoms with Crippen LogP contribution in [0.3, 0.4) is 0 Å². The van der Waals surface area contributed by atoms with Gasteiger partial charge < -0.3 is 29.7 Å². The van der Waals surface area contributed by atoms with Crippen molar-refractivity contribution in [1.29, 1.82) is 0 Å². The maximum atomic E-state index is 12.9. The van der Waals surface area contributed by atoms with Gasteiger partial charge in [-0.3, -0.25) is 9.59 Å². The molecule has 2 aliphatic heterocycles. The number of aliphatic hydroxyl groups is 1. The van der Waals surface area contributed by atoms with Gasteiger partial charge in [0, 0.05) is 37.3 Å². The smallest absolute Gasteiger partial charge is 0.416 e. The summed E-state index contributed by atoms with van der Waals surface area (Å²) >= 11 is 0. The van der Waals surface area contributed by atoms with Crippen molar-refractivity contribution in [1.82, 2.24) is 10.2 Å². The third-order valence-corrected chi connectivity index (χ3v) is 7.39. The van der Waals surface area contributed by atoms with Crippen molar-refractivity contribution in [3.8, 4) is 5.75 Å². The second kappa shape index (κ2) is 13.5. The number of piperidine rings is 1. The summed E-state index contributed by atoms with van der Waals surface area (Å²) in [6.45, 7) is -1.96. The van der Waals surface area contributed by atoms with E-state index >= 15 is 0 Å². The van der Waals surface area contributed by atoms with Crippen molar-refractivity contribution < 1.29 is 46.1 Å². The summed E-state index contributed by atoms with van der Waals surface area (Å²) < 4.78 is 74.5. The number of aliphatic hydroxyl groups excluding tert-OH is 1. The molecule has 2 heterocycles. The van der Waals surface area contributed by atoms with Gasteiger partial charge in [-0.05, 0) is 67.3 Å². The summed E-state index contributed by atoms with van der Waals surface area (Å²) in [5.74, 6) is -0.127. The maximum absolute atomic E-state index is 12.9. The van der Waals surface area contributed by atoms with Gasteiger partial charge >= 0.3 is 12.8 Å². The van der Waals surface area contributed by atoms with Gasteiger partial charge in [0.1, 0.15) is 18.5 Å². The first-order chi connectivity index (χ1) is 19.5. The first kappa shape index (κ1) is 30.5. The molecule has 0 aliphatic carbocycles. The normalized spacial score (nSPS) is 20.0. The van der Waals surface area contributed by atoms with E-state index in [1.807, 2.05) is 4.90 Å². The number of hydrogen-bond acceptors (Lipinski definition) is 6. The van der Waals surface area contributed by atoms with Crippen molar-refractivity contribution in [3.63, 3.8) is 0 Å². The molecule has 0 aromatic heterocycles. The summed E-state index contributed by atoms with van der Waals surface area (Å²) in [5.41, 5.74) is 0.271. The molecule has 2 fully saturated rings. The number of nitrogens with zero attached hydrogens (tertiary/aromatic N) is 2. The summed E-state index contributed by atoms with van der Waals surface area (Å²) in [5, 5.41) is 11.9. The SMILES string of the molecule is O=C(NCC1CCN(C(=O)CO)CC1)c1ccc(N2C[C@@H](Oc3ccc(C(F)(F)F)cc3)C[C@H]2COC(F)F)cc1. The molecule has 0 radical (unpaired) electrons. The molecule has 0 bridgehead atoms. The average Bonchev–Trinajstić information content (AvgIpc) is 3.37. The number of halogens is 5. The lowest BCUT2D eigenvalue weighted by Gasteiger charge is -2.31. The van der Waals surface area contributed by atoms with Crippen molar-refractivity contribution in [3.05, 3.63) is 59.7 Å². The maximum Gasteiger partial charge on any atom is 0.416 e. The Morgan fingerprint density at radius 2 is 1.68 bits per heavy atom. The highest BCUT2D eigenvalue weighted by atomic mass is 19.4. The minimum Gasteiger partial charge on any atom is -0.489 e. The number of anilines is 1. The van der Waals surface area contributed by atoms with Gasteiger partial charge in [-0.25, -0.2) is 0 Å². The van der Waals surface area contributed by atoms with Crippen molar-refractivity contribution >= 4 is 17.5 Å². The number of ether oxygens (including phenoxy) is 2. The van der Waals surface area contributed by atoms with E-state index in [1.54, 1.807) is 29.2 Å². The van der Waals surface area contributed by atoms with E-state index < -0.39 is 37.1 Å². The van der Waals surface area contributed by atoms with Crippen molar-refractivity contribution in [2.75, 3.05) is 44.3 Å². The molecule has 2 atom stereocenters. The molecule has 2 aromatic rings. The zero-order valence-electron chi connectivity index (χ0n) is 22.2. The number of rotatable bonds is 10. The van der Waals surface area contributed by atoms with Crippen LogP contribution < -0.4 is 15.0 Å². The first-order valence-corrected chi connectivity index (χ1v) is 13.3. The molecule has 0 saturated carbocycles. The summed E-state index contributed by atoms with van der Waals surface area (Å²) in [7, 11) is 0. The number of hydrogen-bond donors (Lipinski definition) is 2. The summed E-state index contributed by atoms with van der Waals surface area (Å²) in [4.78, 5) is 27.7. The molecular weight excluding hydrogens is 553 g/mol. The van der Waals surface area contributed by atoms with E-state index in [-0.39, 0.29) is 36.6 Å². The number of benzene rings is 2. The summed E-state index contributed by atoms with van der Waals surface area (Å²) in [6.07, 6.45) is -3.21. The van der Waals surface area contributed by atoms with Crippen LogP contribution in [0.1, 0.15) is 35.2 Å². The lowest BCUT2D eigenvalue weighted by Crippen LogP contribution is -2.42. The highest BCUT2D eigenvalue weighted by molar-refractivity contribution is 5.94. The minimum atomic E-state index is -4.47. The van der Waals surface area contributed by atoms with Gasteiger partial charge in [-0.1, -0.05) is 0 Å². The lowest BCUT2D eigenvalue weighted by molar-refractivity contribution is -0.137. The molecule has 2 aromatic carbocycles. The number of likely N-dealkylation sites (tertiary alicyclic amines) is 1. The minimum absolute atomic E-state index is 0.211. The zero-order valence-corrected chi connectivity index (χ0v) is 22.2. The summed E-state index contributed by atoms with van der Waals surface area (Å²) in [6, 6.07) is 10.5. The van der Waals surface area contributed by atoms with Crippen LogP contribution in [-0.4, -0.2) is 80.0 Å². The van der Waals surface area contributed by atoms with E-state index in [9.17, 15) is 31.5 Å². The molecule has 2 saturated heterocycles. The van der Waals surface area contributed by atoms with Crippen LogP contribution in [0.5, 0.6) is 5.75 Å². The van der Waals surface area contributed by atoms with E-state index in [2.05, 4.69) is 10.1 Å². The third-order valence-electron chi connectivity index (χ3n) is 7.39. The van der Waals surface area contributed by atoms with Crippen LogP contribution in [0.4, 0.5) is 27.6 Å². The van der Waals surface area contributed by atoms with Gasteiger partial charge in [0.15, 0.2) is 0 Å². The number of amides is 2. The molecule has 0 unspecified atom stereocenters. The molecule has 2 amide bonds. The Hall–Kier alpha value is -3.45. The molecule has 2 aliphatic rings. The van der Waals surface area contributed by atoms with Crippen LogP contribution in [0, 0.1) is 5.92 Å². The Morgan fingerprint density at radius 3 is 2.27 bits per heavy atom. The van der Waals surface area contributed by atoms with Crippen LogP contribution in [-0.2, 0) is 15.7 Å². The van der Waals surface area contributed by atoms with Crippen molar-refractivity contribution in [2.24, 2.45) is 5.92 Å². The molecular formula is C28H32F5N3O5. The number of carbonyl (C=O) groups is 2. The van der Waals surface area contributed by atoms with Crippen molar-refractivity contribution in [2.45, 2.75) is 44.2 Å². The molecule has 2 N–H and O–H groups in total. The van der Waals surface area contributed by atoms with Crippen LogP contribution in [0.25, 0.3) is 0 Å². The number of carbonyl (C=O) groups excluding carboxylic acids is 2. The third kappa shape index (κ3) is 8.29. The van der Waals surface area contributed by atoms with Crippen LogP contribution >= 0.6 is 0 Å². The Kier molecular flexibility index (Phi) is 10.0. The first-order valence-electron chi connectivity index (χ1n) is 13.3. The largest absolute Gasteiger partial charge is 0.489 e. The van der Waals surface area contributed by atoms with E-state index in [4.69, 9.17) is 9.84 Å². The fourth-order valence-electron chi connectivity index (χ4n) is 5.16. The van der Waals surface area contributed by atoms with Gasteiger partial charge in [0.2, 0.25) is 5.91 Å². The highest BCUT2D eigenvalue weighted by Crippen LogP contribution is 2.32. The Balaban J connectivity index is 1.34. The van der Waals surface area contributed by atoms with Crippen LogP contribution in [0.15, 0.2) is 48.5 Å². The number of nitrogens with one attached hydrogen (secondary N) is 1. The molecule has 0 spiro atoms. The molecule has 41 heavy (non-hydrogen) atoms. The monoisotopic (exact) mass is 585 g/mol. The van der Waals surface area contributed by atoms with E-state index in [0.29, 0.717) is 37.3 Å². The van der Waals surface area contributed by atoms with Gasteiger partial charge in [0.05, 0.1) is 24.8 Å². The highest BCUT2D eigenvalue weighted by Gasteiger charge is 2.35. The number of alkyl halides is 5. The predicted octanol–water partition coefficient (Wildman–Crippen LogP) is 3.93. The second-order valence-electron chi connectivity index (χ2n) is 10.1. The van der Waals surface area contributed by atoms with Gasteiger partial charge in [0.25, 0.3) is 5.91 Å². The second-order valence-corrected chi connectivity index (χ2v) is 10.1. The van der Waals surface area contributed by atoms with E-state index in [1.165, 1.54) is 12.1 Å². The standard InChI is InChI=1S/C28H32F5N3O5/c29-27(30)40-17-22-13-24(41-23-7-3-20(4-8-23)28(31,32)33)15-36(22)21-5-1-19(2-6-21)26(39)34-14-18-9-11-35(12-10-18)25(38)16-37/h1-8,18,22,24,27,37H,9-17H2,(H,34,39)/t22-,24-/m0/s1. The van der Waals surface area contributed by atoms with Gasteiger partial charge in [-0.2, -0.15) is 22.0 Å². The zero-order chi connectivity index (χ0) is 29.6. The molecule has 8 nitrogen and oxygen atoms in total. The Morgan fingerprint density at radius 1 is 1.02 bits per heavy atom. The molecule has 224 valence electrons. The average molecular weight is 586 g/mol. The fourth-order valence-corrected chi connectivity index (χ4v) is 5.16.